The molecule has 1 aliphatic rings. The number of rotatable bonds is 4. The first kappa shape index (κ1) is 14.7. The van der Waals surface area contributed by atoms with Crippen molar-refractivity contribution < 1.29 is 9.90 Å². The summed E-state index contributed by atoms with van der Waals surface area (Å²) in [6.45, 7) is 1.45. The molecule has 0 aromatic heterocycles. The Bertz CT molecular complexity index is 467. The van der Waals surface area contributed by atoms with E-state index in [0.29, 0.717) is 15.8 Å². The molecule has 0 unspecified atom stereocenters. The van der Waals surface area contributed by atoms with Crippen LogP contribution in [0.4, 0.5) is 0 Å². The van der Waals surface area contributed by atoms with Gasteiger partial charge in [0.1, 0.15) is 5.75 Å². The highest BCUT2D eigenvalue weighted by atomic mass is 35.5. The fourth-order valence-corrected chi connectivity index (χ4v) is 4.02. The topological polar surface area (TPSA) is 37.3 Å². The van der Waals surface area contributed by atoms with Gasteiger partial charge in [-0.25, -0.2) is 0 Å². The summed E-state index contributed by atoms with van der Waals surface area (Å²) in [6, 6.07) is 3.30. The lowest BCUT2D eigenvalue weighted by molar-refractivity contribution is 0.101. The third kappa shape index (κ3) is 3.90. The normalized spacial score (nSPS) is 16.5. The minimum atomic E-state index is -0.149. The number of thioether (sulfide) groups is 1. The molecule has 0 bridgehead atoms. The molecule has 0 amide bonds. The number of carbonyl (C=O) groups is 1. The van der Waals surface area contributed by atoms with Crippen LogP contribution in [0.3, 0.4) is 0 Å². The number of hydrogen-bond donors (Lipinski definition) is 1. The molecule has 0 radical (unpaired) electrons. The maximum absolute atomic E-state index is 11.5. The summed E-state index contributed by atoms with van der Waals surface area (Å²) in [7, 11) is 0. The Labute approximate surface area is 123 Å². The van der Waals surface area contributed by atoms with E-state index >= 15 is 0 Å². The van der Waals surface area contributed by atoms with E-state index in [0.717, 1.165) is 11.3 Å². The van der Waals surface area contributed by atoms with E-state index in [1.807, 2.05) is 11.8 Å². The van der Waals surface area contributed by atoms with Gasteiger partial charge in [0.2, 0.25) is 0 Å². The van der Waals surface area contributed by atoms with Crippen molar-refractivity contribution in [1.82, 2.24) is 0 Å². The SMILES string of the molecule is CC(=O)c1cc(Cl)cc(CSC2CCCCC2)c1O. The average molecular weight is 299 g/mol. The predicted octanol–water partition coefficient (Wildman–Crippen LogP) is 4.81. The van der Waals surface area contributed by atoms with E-state index in [2.05, 4.69) is 0 Å². The van der Waals surface area contributed by atoms with Gasteiger partial charge in [-0.3, -0.25) is 4.79 Å². The zero-order valence-electron chi connectivity index (χ0n) is 11.1. The first-order valence-corrected chi connectivity index (χ1v) is 8.14. The number of phenolic OH excluding ortho intramolecular Hbond substituents is 1. The van der Waals surface area contributed by atoms with Crippen LogP contribution in [0.1, 0.15) is 54.9 Å². The van der Waals surface area contributed by atoms with Gasteiger partial charge in [0.15, 0.2) is 5.78 Å². The van der Waals surface area contributed by atoms with Crippen LogP contribution in [-0.2, 0) is 5.75 Å². The van der Waals surface area contributed by atoms with Crippen molar-refractivity contribution in [2.24, 2.45) is 0 Å². The summed E-state index contributed by atoms with van der Waals surface area (Å²) in [6.07, 6.45) is 6.46. The van der Waals surface area contributed by atoms with Crippen molar-refractivity contribution >= 4 is 29.1 Å². The molecule has 2 nitrogen and oxygen atoms in total. The second kappa shape index (κ2) is 6.67. The molecule has 104 valence electrons. The number of aromatic hydroxyl groups is 1. The van der Waals surface area contributed by atoms with E-state index < -0.39 is 0 Å². The molecule has 19 heavy (non-hydrogen) atoms. The van der Waals surface area contributed by atoms with Crippen LogP contribution in [0.5, 0.6) is 5.75 Å². The highest BCUT2D eigenvalue weighted by molar-refractivity contribution is 7.99. The smallest absolute Gasteiger partial charge is 0.163 e. The van der Waals surface area contributed by atoms with Gasteiger partial charge in [-0.05, 0) is 31.9 Å². The molecule has 0 heterocycles. The van der Waals surface area contributed by atoms with Crippen LogP contribution in [0, 0.1) is 0 Å². The Morgan fingerprint density at radius 1 is 1.37 bits per heavy atom. The molecule has 1 aromatic carbocycles. The van der Waals surface area contributed by atoms with Gasteiger partial charge in [-0.2, -0.15) is 11.8 Å². The number of hydrogen-bond acceptors (Lipinski definition) is 3. The van der Waals surface area contributed by atoms with Crippen LogP contribution in [-0.4, -0.2) is 16.1 Å². The van der Waals surface area contributed by atoms with Crippen LogP contribution >= 0.6 is 23.4 Å². The number of phenols is 1. The zero-order chi connectivity index (χ0) is 13.8. The summed E-state index contributed by atoms with van der Waals surface area (Å²) in [5.74, 6) is 0.668. The van der Waals surface area contributed by atoms with Crippen LogP contribution < -0.4 is 0 Å². The maximum Gasteiger partial charge on any atom is 0.163 e. The molecule has 1 saturated carbocycles. The molecular weight excluding hydrogens is 280 g/mol. The molecule has 0 atom stereocenters. The number of ketones is 1. The van der Waals surface area contributed by atoms with Crippen LogP contribution in [0.15, 0.2) is 12.1 Å². The third-order valence-electron chi connectivity index (χ3n) is 3.56. The largest absolute Gasteiger partial charge is 0.507 e. The Morgan fingerprint density at radius 2 is 2.05 bits per heavy atom. The van der Waals surface area contributed by atoms with Gasteiger partial charge in [0.25, 0.3) is 0 Å². The molecule has 0 spiro atoms. The first-order chi connectivity index (χ1) is 9.08. The van der Waals surface area contributed by atoms with Gasteiger partial charge in [-0.15, -0.1) is 0 Å². The van der Waals surface area contributed by atoms with E-state index in [1.54, 1.807) is 6.07 Å². The second-order valence-corrected chi connectivity index (χ2v) is 6.81. The summed E-state index contributed by atoms with van der Waals surface area (Å²) >= 11 is 7.88. The summed E-state index contributed by atoms with van der Waals surface area (Å²) in [4.78, 5) is 11.5. The molecule has 0 saturated heterocycles. The quantitative estimate of drug-likeness (QED) is 0.810. The summed E-state index contributed by atoms with van der Waals surface area (Å²) in [5.41, 5.74) is 1.10. The maximum atomic E-state index is 11.5. The highest BCUT2D eigenvalue weighted by Crippen LogP contribution is 2.35. The zero-order valence-corrected chi connectivity index (χ0v) is 12.7. The Balaban J connectivity index is 2.08. The monoisotopic (exact) mass is 298 g/mol. The van der Waals surface area contributed by atoms with E-state index in [4.69, 9.17) is 11.6 Å². The summed E-state index contributed by atoms with van der Waals surface area (Å²) < 4.78 is 0. The fraction of sp³-hybridized carbons (Fsp3) is 0.533. The Hall–Kier alpha value is -0.670. The molecular formula is C15H19ClO2S. The van der Waals surface area contributed by atoms with Gasteiger partial charge in [-0.1, -0.05) is 30.9 Å². The average Bonchev–Trinajstić information content (AvgIpc) is 2.40. The van der Waals surface area contributed by atoms with Crippen molar-refractivity contribution in [2.45, 2.75) is 50.0 Å². The number of benzene rings is 1. The molecule has 0 aliphatic heterocycles. The highest BCUT2D eigenvalue weighted by Gasteiger charge is 2.17. The lowest BCUT2D eigenvalue weighted by atomic mass is 10.0. The minimum Gasteiger partial charge on any atom is -0.507 e. The van der Waals surface area contributed by atoms with Crippen molar-refractivity contribution in [1.29, 1.82) is 0 Å². The lowest BCUT2D eigenvalue weighted by Crippen LogP contribution is -2.08. The van der Waals surface area contributed by atoms with Crippen molar-refractivity contribution in [3.05, 3.63) is 28.3 Å². The Kier molecular flexibility index (Phi) is 5.17. The van der Waals surface area contributed by atoms with Crippen molar-refractivity contribution in [3.8, 4) is 5.75 Å². The standard InChI is InChI=1S/C15H19ClO2S/c1-10(17)14-8-12(16)7-11(15(14)18)9-19-13-5-3-2-4-6-13/h7-8,13,18H,2-6,9H2,1H3. The van der Waals surface area contributed by atoms with E-state index in [9.17, 15) is 9.90 Å². The summed E-state index contributed by atoms with van der Waals surface area (Å²) in [5, 5.41) is 11.3. The molecule has 1 aromatic rings. The van der Waals surface area contributed by atoms with Gasteiger partial charge in [0.05, 0.1) is 5.56 Å². The van der Waals surface area contributed by atoms with Gasteiger partial charge >= 0.3 is 0 Å². The molecule has 2 rings (SSSR count). The number of halogens is 1. The van der Waals surface area contributed by atoms with E-state index in [1.165, 1.54) is 45.1 Å². The first-order valence-electron chi connectivity index (χ1n) is 6.72. The van der Waals surface area contributed by atoms with Crippen LogP contribution in [0.2, 0.25) is 5.02 Å². The van der Waals surface area contributed by atoms with Crippen molar-refractivity contribution in [2.75, 3.05) is 0 Å². The molecule has 1 fully saturated rings. The van der Waals surface area contributed by atoms with Gasteiger partial charge in [0, 0.05) is 21.6 Å². The predicted molar refractivity (Wildman–Crippen MR) is 81.3 cm³/mol. The van der Waals surface area contributed by atoms with Gasteiger partial charge < -0.3 is 5.11 Å². The molecule has 1 N–H and O–H groups in total. The number of Topliss-reactive ketones (excluding diaryl/α,β-unsaturated/α-hetero) is 1. The number of carbonyl (C=O) groups excluding carboxylic acids is 1. The molecule has 4 heteroatoms. The fourth-order valence-electron chi connectivity index (χ4n) is 2.47. The Morgan fingerprint density at radius 3 is 2.68 bits per heavy atom. The van der Waals surface area contributed by atoms with Crippen LogP contribution in [0.25, 0.3) is 0 Å². The lowest BCUT2D eigenvalue weighted by Gasteiger charge is -2.21. The second-order valence-electron chi connectivity index (χ2n) is 5.09. The molecule has 1 aliphatic carbocycles. The van der Waals surface area contributed by atoms with Crippen molar-refractivity contribution in [3.63, 3.8) is 0 Å². The minimum absolute atomic E-state index is 0.0974. The van der Waals surface area contributed by atoms with E-state index in [-0.39, 0.29) is 11.5 Å². The third-order valence-corrected chi connectivity index (χ3v) is 5.20.